The molecule has 0 saturated heterocycles. The Kier molecular flexibility index (Phi) is 6.35. The van der Waals surface area contributed by atoms with E-state index in [0.29, 0.717) is 27.8 Å². The van der Waals surface area contributed by atoms with E-state index in [1.165, 1.54) is 13.2 Å². The lowest BCUT2D eigenvalue weighted by molar-refractivity contribution is -0.115. The minimum atomic E-state index is -0.635. The molecule has 3 aromatic carbocycles. The summed E-state index contributed by atoms with van der Waals surface area (Å²) < 4.78 is 20.0. The molecule has 4 aromatic rings. The van der Waals surface area contributed by atoms with Crippen molar-refractivity contribution in [2.45, 2.75) is 6.92 Å². The molecule has 1 heterocycles. The molecular formula is C25H21FN4O4. The first kappa shape index (κ1) is 22.7. The second-order valence-corrected chi connectivity index (χ2v) is 7.50. The van der Waals surface area contributed by atoms with Gasteiger partial charge in [0.1, 0.15) is 11.6 Å². The number of methoxy groups -OCH3 is 1. The van der Waals surface area contributed by atoms with Gasteiger partial charge in [-0.25, -0.2) is 4.39 Å². The van der Waals surface area contributed by atoms with Gasteiger partial charge < -0.3 is 15.4 Å². The van der Waals surface area contributed by atoms with Crippen LogP contribution in [-0.4, -0.2) is 35.2 Å². The molecule has 34 heavy (non-hydrogen) atoms. The zero-order chi connectivity index (χ0) is 24.2. The van der Waals surface area contributed by atoms with Crippen molar-refractivity contribution in [1.29, 1.82) is 0 Å². The SMILES string of the molecule is COc1ccc(-n2nc(C(=O)NCC(=O)Nc3ccc(C)c(F)c3)c3ccccc3c2=O)cc1. The van der Waals surface area contributed by atoms with Crippen molar-refractivity contribution in [3.8, 4) is 11.4 Å². The van der Waals surface area contributed by atoms with Crippen molar-refractivity contribution in [1.82, 2.24) is 15.1 Å². The summed E-state index contributed by atoms with van der Waals surface area (Å²) >= 11 is 0. The summed E-state index contributed by atoms with van der Waals surface area (Å²) in [6.07, 6.45) is 0. The highest BCUT2D eigenvalue weighted by Gasteiger charge is 2.18. The van der Waals surface area contributed by atoms with E-state index in [4.69, 9.17) is 4.74 Å². The zero-order valence-corrected chi connectivity index (χ0v) is 18.5. The number of carbonyl (C=O) groups excluding carboxylic acids is 2. The molecule has 0 aliphatic rings. The molecule has 1 aromatic heterocycles. The van der Waals surface area contributed by atoms with E-state index in [9.17, 15) is 18.8 Å². The molecule has 0 spiro atoms. The largest absolute Gasteiger partial charge is 0.497 e. The maximum atomic E-state index is 13.7. The molecule has 0 aliphatic heterocycles. The van der Waals surface area contributed by atoms with Crippen molar-refractivity contribution in [2.24, 2.45) is 0 Å². The Bertz CT molecular complexity index is 1450. The number of anilines is 1. The fraction of sp³-hybridized carbons (Fsp3) is 0.120. The molecule has 2 N–H and O–H groups in total. The molecule has 0 fully saturated rings. The molecule has 4 rings (SSSR count). The molecule has 9 heteroatoms. The average Bonchev–Trinajstić information content (AvgIpc) is 2.85. The van der Waals surface area contributed by atoms with Gasteiger partial charge in [-0.1, -0.05) is 24.3 Å². The smallest absolute Gasteiger partial charge is 0.279 e. The van der Waals surface area contributed by atoms with Gasteiger partial charge in [0, 0.05) is 11.1 Å². The van der Waals surface area contributed by atoms with Crippen LogP contribution in [0.2, 0.25) is 0 Å². The quantitative estimate of drug-likeness (QED) is 0.460. The average molecular weight is 460 g/mol. The number of fused-ring (bicyclic) bond motifs is 1. The Morgan fingerprint density at radius 2 is 1.74 bits per heavy atom. The normalized spacial score (nSPS) is 10.7. The molecule has 0 radical (unpaired) electrons. The van der Waals surface area contributed by atoms with E-state index in [1.807, 2.05) is 0 Å². The van der Waals surface area contributed by atoms with Gasteiger partial charge in [-0.2, -0.15) is 9.78 Å². The third kappa shape index (κ3) is 4.63. The lowest BCUT2D eigenvalue weighted by Gasteiger charge is -2.12. The fourth-order valence-electron chi connectivity index (χ4n) is 3.38. The van der Waals surface area contributed by atoms with Gasteiger partial charge in [0.25, 0.3) is 11.5 Å². The van der Waals surface area contributed by atoms with Crippen LogP contribution in [0.1, 0.15) is 16.1 Å². The van der Waals surface area contributed by atoms with Gasteiger partial charge in [-0.3, -0.25) is 14.4 Å². The second kappa shape index (κ2) is 9.53. The van der Waals surface area contributed by atoms with E-state index in [2.05, 4.69) is 15.7 Å². The zero-order valence-electron chi connectivity index (χ0n) is 18.5. The maximum Gasteiger partial charge on any atom is 0.279 e. The van der Waals surface area contributed by atoms with Crippen LogP contribution < -0.4 is 20.9 Å². The van der Waals surface area contributed by atoms with Crippen LogP contribution in [0.3, 0.4) is 0 Å². The number of halogens is 1. The van der Waals surface area contributed by atoms with E-state index < -0.39 is 23.2 Å². The molecule has 8 nitrogen and oxygen atoms in total. The minimum absolute atomic E-state index is 0.0137. The van der Waals surface area contributed by atoms with E-state index >= 15 is 0 Å². The Morgan fingerprint density at radius 3 is 2.41 bits per heavy atom. The summed E-state index contributed by atoms with van der Waals surface area (Å²) in [7, 11) is 1.53. The summed E-state index contributed by atoms with van der Waals surface area (Å²) in [4.78, 5) is 38.3. The first-order chi connectivity index (χ1) is 16.4. The summed E-state index contributed by atoms with van der Waals surface area (Å²) in [5.74, 6) is -1.01. The molecule has 2 amide bonds. The van der Waals surface area contributed by atoms with Crippen LogP contribution in [0.25, 0.3) is 16.5 Å². The predicted octanol–water partition coefficient (Wildman–Crippen LogP) is 3.21. The number of aromatic nitrogens is 2. The molecule has 0 atom stereocenters. The fourth-order valence-corrected chi connectivity index (χ4v) is 3.38. The highest BCUT2D eigenvalue weighted by atomic mass is 19.1. The highest BCUT2D eigenvalue weighted by molar-refractivity contribution is 6.06. The van der Waals surface area contributed by atoms with Gasteiger partial charge in [0.15, 0.2) is 5.69 Å². The number of nitrogens with zero attached hydrogens (tertiary/aromatic N) is 2. The maximum absolute atomic E-state index is 13.7. The van der Waals surface area contributed by atoms with Crippen LogP contribution in [0.5, 0.6) is 5.75 Å². The van der Waals surface area contributed by atoms with Crippen LogP contribution in [0, 0.1) is 12.7 Å². The number of ether oxygens (including phenoxy) is 1. The van der Waals surface area contributed by atoms with Gasteiger partial charge in [0.2, 0.25) is 5.91 Å². The first-order valence-corrected chi connectivity index (χ1v) is 10.4. The van der Waals surface area contributed by atoms with Gasteiger partial charge in [0.05, 0.1) is 24.7 Å². The van der Waals surface area contributed by atoms with Crippen LogP contribution >= 0.6 is 0 Å². The lowest BCUT2D eigenvalue weighted by atomic mass is 10.1. The van der Waals surface area contributed by atoms with Gasteiger partial charge in [-0.05, 0) is 55.0 Å². The van der Waals surface area contributed by atoms with Crippen molar-refractivity contribution in [3.63, 3.8) is 0 Å². The molecule has 0 saturated carbocycles. The second-order valence-electron chi connectivity index (χ2n) is 7.50. The summed E-state index contributed by atoms with van der Waals surface area (Å²) in [5.41, 5.74) is 0.775. The Labute approximate surface area is 194 Å². The number of hydrogen-bond acceptors (Lipinski definition) is 5. The van der Waals surface area contributed by atoms with Gasteiger partial charge in [-0.15, -0.1) is 0 Å². The number of nitrogens with one attached hydrogen (secondary N) is 2. The van der Waals surface area contributed by atoms with E-state index in [1.54, 1.807) is 67.6 Å². The van der Waals surface area contributed by atoms with Crippen LogP contribution in [0.15, 0.2) is 71.5 Å². The van der Waals surface area contributed by atoms with Crippen molar-refractivity contribution in [3.05, 3.63) is 94.2 Å². The van der Waals surface area contributed by atoms with E-state index in [-0.39, 0.29) is 17.9 Å². The summed E-state index contributed by atoms with van der Waals surface area (Å²) in [6.45, 7) is 1.25. The van der Waals surface area contributed by atoms with Gasteiger partial charge >= 0.3 is 0 Å². The lowest BCUT2D eigenvalue weighted by Crippen LogP contribution is -2.35. The minimum Gasteiger partial charge on any atom is -0.497 e. The Morgan fingerprint density at radius 1 is 1.03 bits per heavy atom. The van der Waals surface area contributed by atoms with Crippen molar-refractivity contribution in [2.75, 3.05) is 19.0 Å². The predicted molar refractivity (Wildman–Crippen MR) is 126 cm³/mol. The topological polar surface area (TPSA) is 102 Å². The number of carbonyl (C=O) groups is 2. The molecular weight excluding hydrogens is 439 g/mol. The molecule has 0 bridgehead atoms. The number of hydrogen-bond donors (Lipinski definition) is 2. The van der Waals surface area contributed by atoms with Crippen molar-refractivity contribution >= 4 is 28.3 Å². The third-order valence-electron chi connectivity index (χ3n) is 5.20. The van der Waals surface area contributed by atoms with Crippen LogP contribution in [0.4, 0.5) is 10.1 Å². The first-order valence-electron chi connectivity index (χ1n) is 10.4. The Balaban J connectivity index is 1.60. The summed E-state index contributed by atoms with van der Waals surface area (Å²) in [5, 5.41) is 9.98. The number of benzene rings is 3. The third-order valence-corrected chi connectivity index (χ3v) is 5.20. The molecule has 172 valence electrons. The summed E-state index contributed by atoms with van der Waals surface area (Å²) in [6, 6.07) is 17.6. The van der Waals surface area contributed by atoms with E-state index in [0.717, 1.165) is 4.68 Å². The molecule has 0 unspecified atom stereocenters. The standard InChI is InChI=1S/C25H21FN4O4/c1-15-7-8-16(13-21(15)26)28-22(31)14-27-24(32)23-19-5-3-4-6-20(19)25(33)30(29-23)17-9-11-18(34-2)12-10-17/h3-13H,14H2,1-2H3,(H,27,32)(H,28,31). The monoisotopic (exact) mass is 460 g/mol. The number of aryl methyl sites for hydroxylation is 1. The number of amides is 2. The Hall–Kier alpha value is -4.53. The van der Waals surface area contributed by atoms with Crippen molar-refractivity contribution < 1.29 is 18.7 Å². The van der Waals surface area contributed by atoms with Crippen LogP contribution in [-0.2, 0) is 4.79 Å². The highest BCUT2D eigenvalue weighted by Crippen LogP contribution is 2.17. The molecule has 0 aliphatic carbocycles. The number of rotatable bonds is 6.